The number of aryl methyl sites for hydroxylation is 1. The molecule has 1 N–H and O–H groups in total. The number of fused-ring (bicyclic) bond motifs is 2. The summed E-state index contributed by atoms with van der Waals surface area (Å²) in [7, 11) is 0. The maximum Gasteiger partial charge on any atom is 0.225 e. The summed E-state index contributed by atoms with van der Waals surface area (Å²) < 4.78 is 11.7. The van der Waals surface area contributed by atoms with Gasteiger partial charge in [-0.1, -0.05) is 6.07 Å². The van der Waals surface area contributed by atoms with Crippen LogP contribution in [0.2, 0.25) is 0 Å². The fourth-order valence-corrected chi connectivity index (χ4v) is 4.66. The molecule has 3 aliphatic heterocycles. The van der Waals surface area contributed by atoms with Gasteiger partial charge in [0, 0.05) is 45.1 Å². The molecule has 0 saturated carbocycles. The quantitative estimate of drug-likeness (QED) is 0.650. The molecule has 4 heterocycles. The van der Waals surface area contributed by atoms with Crippen molar-refractivity contribution in [1.29, 1.82) is 0 Å². The molecule has 1 aromatic heterocycles. The van der Waals surface area contributed by atoms with Gasteiger partial charge in [0.15, 0.2) is 11.5 Å². The van der Waals surface area contributed by atoms with Gasteiger partial charge in [0.1, 0.15) is 5.82 Å². The lowest BCUT2D eigenvalue weighted by molar-refractivity contribution is -0.116. The molecular weight excluding hydrogens is 420 g/mol. The minimum atomic E-state index is 0.0143. The number of ketones is 1. The van der Waals surface area contributed by atoms with Gasteiger partial charge in [0.25, 0.3) is 0 Å². The predicted molar refractivity (Wildman–Crippen MR) is 125 cm³/mol. The lowest BCUT2D eigenvalue weighted by Gasteiger charge is -2.37. The topological polar surface area (TPSA) is 84.0 Å². The van der Waals surface area contributed by atoms with Crippen LogP contribution < -0.4 is 19.7 Å². The summed E-state index contributed by atoms with van der Waals surface area (Å²) in [5.74, 6) is 2.15. The van der Waals surface area contributed by atoms with Crippen molar-refractivity contribution in [3.63, 3.8) is 0 Å². The molecule has 1 aromatic carbocycles. The zero-order valence-corrected chi connectivity index (χ0v) is 18.8. The first-order valence-electron chi connectivity index (χ1n) is 11.9. The third-order valence-corrected chi connectivity index (χ3v) is 6.53. The van der Waals surface area contributed by atoms with Crippen molar-refractivity contribution in [2.24, 2.45) is 0 Å². The van der Waals surface area contributed by atoms with Gasteiger partial charge < -0.3 is 19.7 Å². The molecule has 5 rings (SSSR count). The molecule has 0 unspecified atom stereocenters. The van der Waals surface area contributed by atoms with E-state index in [-0.39, 0.29) is 11.7 Å². The average molecular weight is 451 g/mol. The van der Waals surface area contributed by atoms with Crippen molar-refractivity contribution in [1.82, 2.24) is 9.88 Å². The third-order valence-electron chi connectivity index (χ3n) is 6.53. The van der Waals surface area contributed by atoms with E-state index in [2.05, 4.69) is 26.2 Å². The molecule has 1 saturated heterocycles. The number of hydrogen-bond donors (Lipinski definition) is 1. The summed E-state index contributed by atoms with van der Waals surface area (Å²) in [5, 5.41) is 2.81. The van der Waals surface area contributed by atoms with Crippen molar-refractivity contribution in [3.05, 3.63) is 41.5 Å². The lowest BCUT2D eigenvalue weighted by atomic mass is 10.0. The van der Waals surface area contributed by atoms with E-state index in [1.165, 1.54) is 0 Å². The summed E-state index contributed by atoms with van der Waals surface area (Å²) in [6.45, 7) is 5.95. The van der Waals surface area contributed by atoms with E-state index in [9.17, 15) is 9.59 Å². The van der Waals surface area contributed by atoms with Gasteiger partial charge in [0.2, 0.25) is 11.8 Å². The predicted octanol–water partition coefficient (Wildman–Crippen LogP) is 2.91. The number of rotatable bonds is 7. The number of nitrogens with zero attached hydrogens (tertiary/aromatic N) is 3. The van der Waals surface area contributed by atoms with Crippen LogP contribution in [0.15, 0.2) is 30.3 Å². The third kappa shape index (κ3) is 4.95. The van der Waals surface area contributed by atoms with Crippen molar-refractivity contribution in [2.45, 2.75) is 32.1 Å². The van der Waals surface area contributed by atoms with Crippen LogP contribution in [0.1, 0.15) is 41.6 Å². The molecule has 1 fully saturated rings. The molecule has 0 atom stereocenters. The zero-order chi connectivity index (χ0) is 22.6. The highest BCUT2D eigenvalue weighted by molar-refractivity contribution is 6.01. The van der Waals surface area contributed by atoms with Crippen LogP contribution in [-0.4, -0.2) is 67.5 Å². The highest BCUT2D eigenvalue weighted by Gasteiger charge is 2.25. The summed E-state index contributed by atoms with van der Waals surface area (Å²) >= 11 is 0. The summed E-state index contributed by atoms with van der Waals surface area (Å²) in [6, 6.07) is 9.76. The number of anilines is 2. The van der Waals surface area contributed by atoms with E-state index in [0.717, 1.165) is 74.6 Å². The van der Waals surface area contributed by atoms with Crippen LogP contribution >= 0.6 is 0 Å². The van der Waals surface area contributed by atoms with E-state index >= 15 is 0 Å². The van der Waals surface area contributed by atoms with Crippen LogP contribution in [0, 0.1) is 0 Å². The number of carbonyl (C=O) groups is 2. The van der Waals surface area contributed by atoms with Gasteiger partial charge in [0.05, 0.1) is 24.5 Å². The number of hydrogen-bond acceptors (Lipinski definition) is 7. The average Bonchev–Trinajstić information content (AvgIpc) is 2.84. The fourth-order valence-electron chi connectivity index (χ4n) is 4.66. The number of benzene rings is 1. The van der Waals surface area contributed by atoms with Crippen molar-refractivity contribution >= 4 is 23.2 Å². The van der Waals surface area contributed by atoms with Gasteiger partial charge >= 0.3 is 0 Å². The number of aromatic nitrogens is 1. The van der Waals surface area contributed by atoms with Gasteiger partial charge in [-0.25, -0.2) is 0 Å². The van der Waals surface area contributed by atoms with Crippen molar-refractivity contribution in [2.75, 3.05) is 56.2 Å². The standard InChI is InChI=1S/C25H30N4O4/c30-21-10-17-33-24-19(21)4-3-5-20(24)29-14-12-28(13-15-29)11-1-2-16-32-23-9-7-18-6-8-22(31)26-25(18)27-23/h3-5,7,9H,1-2,6,8,10-17H2,(H,26,27,31). The molecule has 0 spiro atoms. The van der Waals surface area contributed by atoms with Crippen LogP contribution in [0.25, 0.3) is 0 Å². The summed E-state index contributed by atoms with van der Waals surface area (Å²) in [6.07, 6.45) is 3.73. The molecule has 1 amide bonds. The monoisotopic (exact) mass is 450 g/mol. The molecular formula is C25H30N4O4. The number of pyridine rings is 1. The molecule has 0 radical (unpaired) electrons. The highest BCUT2D eigenvalue weighted by atomic mass is 16.5. The number of para-hydroxylation sites is 1. The number of carbonyl (C=O) groups excluding carboxylic acids is 2. The fraction of sp³-hybridized carbons (Fsp3) is 0.480. The number of nitrogens with one attached hydrogen (secondary N) is 1. The van der Waals surface area contributed by atoms with E-state index < -0.39 is 0 Å². The Morgan fingerprint density at radius 3 is 2.76 bits per heavy atom. The Kier molecular flexibility index (Phi) is 6.44. The summed E-state index contributed by atoms with van der Waals surface area (Å²) in [5.41, 5.74) is 2.83. The van der Waals surface area contributed by atoms with Crippen LogP contribution in [0.3, 0.4) is 0 Å². The second-order valence-corrected chi connectivity index (χ2v) is 8.77. The van der Waals surface area contributed by atoms with Gasteiger partial charge in [-0.15, -0.1) is 0 Å². The zero-order valence-electron chi connectivity index (χ0n) is 18.8. The van der Waals surface area contributed by atoms with E-state index in [4.69, 9.17) is 9.47 Å². The molecule has 2 aromatic rings. The molecule has 0 bridgehead atoms. The Labute approximate surface area is 193 Å². The minimum absolute atomic E-state index is 0.0143. The number of amides is 1. The summed E-state index contributed by atoms with van der Waals surface area (Å²) in [4.78, 5) is 32.9. The first-order valence-corrected chi connectivity index (χ1v) is 11.9. The van der Waals surface area contributed by atoms with Crippen molar-refractivity contribution in [3.8, 4) is 11.6 Å². The molecule has 8 heteroatoms. The van der Waals surface area contributed by atoms with E-state index in [1.807, 2.05) is 24.3 Å². The highest BCUT2D eigenvalue weighted by Crippen LogP contribution is 2.36. The molecule has 8 nitrogen and oxygen atoms in total. The smallest absolute Gasteiger partial charge is 0.225 e. The maximum absolute atomic E-state index is 12.2. The van der Waals surface area contributed by atoms with Crippen LogP contribution in [0.5, 0.6) is 11.6 Å². The molecule has 0 aliphatic carbocycles. The number of piperazine rings is 1. The van der Waals surface area contributed by atoms with Crippen molar-refractivity contribution < 1.29 is 19.1 Å². The Hall–Kier alpha value is -3.13. The van der Waals surface area contributed by atoms with Crippen LogP contribution in [-0.2, 0) is 11.2 Å². The Balaban J connectivity index is 1.04. The van der Waals surface area contributed by atoms with Crippen LogP contribution in [0.4, 0.5) is 11.5 Å². The minimum Gasteiger partial charge on any atom is -0.490 e. The second kappa shape index (κ2) is 9.79. The molecule has 33 heavy (non-hydrogen) atoms. The van der Waals surface area contributed by atoms with E-state index in [1.54, 1.807) is 0 Å². The van der Waals surface area contributed by atoms with Gasteiger partial charge in [-0.3, -0.25) is 14.5 Å². The number of Topliss-reactive ketones (excluding diaryl/α,β-unsaturated/α-hetero) is 1. The first-order chi connectivity index (χ1) is 16.2. The number of unbranched alkanes of at least 4 members (excludes halogenated alkanes) is 1. The maximum atomic E-state index is 12.2. The SMILES string of the molecule is O=C1CCc2ccc(OCCCCN3CCN(c4cccc5c4OCCC5=O)CC3)nc2N1. The first kappa shape index (κ1) is 21.7. The number of ether oxygens (including phenoxy) is 2. The van der Waals surface area contributed by atoms with E-state index in [0.29, 0.717) is 37.8 Å². The largest absolute Gasteiger partial charge is 0.490 e. The normalized spacial score (nSPS) is 18.2. The van der Waals surface area contributed by atoms with Gasteiger partial charge in [-0.05, 0) is 49.6 Å². The lowest BCUT2D eigenvalue weighted by Crippen LogP contribution is -2.46. The Morgan fingerprint density at radius 1 is 1.00 bits per heavy atom. The second-order valence-electron chi connectivity index (χ2n) is 8.77. The van der Waals surface area contributed by atoms with Gasteiger partial charge in [-0.2, -0.15) is 4.98 Å². The molecule has 3 aliphatic rings. The Morgan fingerprint density at radius 2 is 1.88 bits per heavy atom. The Bertz CT molecular complexity index is 1030. The molecule has 174 valence electrons.